The molecule has 0 saturated heterocycles. The molecule has 1 amide bonds. The van der Waals surface area contributed by atoms with Crippen LogP contribution in [0, 0.1) is 13.8 Å². The quantitative estimate of drug-likeness (QED) is 0.548. The van der Waals surface area contributed by atoms with Crippen LogP contribution in [0.3, 0.4) is 0 Å². The molecular formula is C21H20N8O. The zero-order valence-corrected chi connectivity index (χ0v) is 16.8. The lowest BCUT2D eigenvalue weighted by atomic mass is 10.0. The minimum absolute atomic E-state index is 0.242. The van der Waals surface area contributed by atoms with E-state index < -0.39 is 0 Å². The maximum absolute atomic E-state index is 13.0. The summed E-state index contributed by atoms with van der Waals surface area (Å²) in [4.78, 5) is 25.8. The van der Waals surface area contributed by atoms with E-state index in [2.05, 4.69) is 35.8 Å². The highest BCUT2D eigenvalue weighted by molar-refractivity contribution is 5.96. The van der Waals surface area contributed by atoms with E-state index in [-0.39, 0.29) is 11.9 Å². The third-order valence-electron chi connectivity index (χ3n) is 4.63. The van der Waals surface area contributed by atoms with Crippen LogP contribution < -0.4 is 5.32 Å². The molecule has 0 radical (unpaired) electrons. The van der Waals surface area contributed by atoms with Gasteiger partial charge >= 0.3 is 0 Å². The molecule has 3 aromatic heterocycles. The molecule has 0 unspecified atom stereocenters. The van der Waals surface area contributed by atoms with Gasteiger partial charge in [0.1, 0.15) is 0 Å². The summed E-state index contributed by atoms with van der Waals surface area (Å²) < 4.78 is 1.58. The van der Waals surface area contributed by atoms with Crippen LogP contribution in [-0.2, 0) is 0 Å². The van der Waals surface area contributed by atoms with E-state index in [1.807, 2.05) is 32.0 Å². The van der Waals surface area contributed by atoms with E-state index in [4.69, 9.17) is 0 Å². The fourth-order valence-corrected chi connectivity index (χ4v) is 3.01. The smallest absolute Gasteiger partial charge is 0.251 e. The standard InChI is InChI=1S/C21H20N8O/c1-13-4-5-19(24-11-13)16-8-17(10-18(9-16)29-15(3)26-27-28-29)21(30)25-14(2)20-12-22-6-7-23-20/h4-12,14H,1-3H3,(H,25,30)/t14-/m0/s1. The second kappa shape index (κ2) is 8.16. The van der Waals surface area contributed by atoms with E-state index in [9.17, 15) is 4.79 Å². The highest BCUT2D eigenvalue weighted by Gasteiger charge is 2.16. The van der Waals surface area contributed by atoms with Crippen molar-refractivity contribution in [3.05, 3.63) is 77.8 Å². The van der Waals surface area contributed by atoms with Crippen molar-refractivity contribution < 1.29 is 4.79 Å². The van der Waals surface area contributed by atoms with Gasteiger partial charge in [0.15, 0.2) is 5.82 Å². The number of carbonyl (C=O) groups excluding carboxylic acids is 1. The summed E-state index contributed by atoms with van der Waals surface area (Å²) in [7, 11) is 0. The normalized spacial score (nSPS) is 11.8. The monoisotopic (exact) mass is 400 g/mol. The average molecular weight is 400 g/mol. The summed E-state index contributed by atoms with van der Waals surface area (Å²) in [6.45, 7) is 5.64. The van der Waals surface area contributed by atoms with Crippen molar-refractivity contribution in [3.63, 3.8) is 0 Å². The first kappa shape index (κ1) is 19.3. The number of tetrazole rings is 1. The molecule has 0 fully saturated rings. The van der Waals surface area contributed by atoms with Gasteiger partial charge in [0.25, 0.3) is 5.91 Å². The molecule has 150 valence electrons. The second-order valence-electron chi connectivity index (χ2n) is 6.95. The molecule has 0 aliphatic carbocycles. The van der Waals surface area contributed by atoms with Gasteiger partial charge in [-0.2, -0.15) is 4.68 Å². The second-order valence-corrected chi connectivity index (χ2v) is 6.95. The summed E-state index contributed by atoms with van der Waals surface area (Å²) in [5, 5.41) is 14.6. The van der Waals surface area contributed by atoms with Crippen LogP contribution in [0.5, 0.6) is 0 Å². The topological polar surface area (TPSA) is 111 Å². The number of pyridine rings is 1. The molecule has 0 bridgehead atoms. The van der Waals surface area contributed by atoms with Crippen LogP contribution in [-0.4, -0.2) is 41.1 Å². The highest BCUT2D eigenvalue weighted by Crippen LogP contribution is 2.24. The Labute approximate surface area is 173 Å². The van der Waals surface area contributed by atoms with Crippen LogP contribution in [0.2, 0.25) is 0 Å². The fourth-order valence-electron chi connectivity index (χ4n) is 3.01. The minimum Gasteiger partial charge on any atom is -0.344 e. The number of aromatic nitrogens is 7. The van der Waals surface area contributed by atoms with E-state index in [0.29, 0.717) is 22.8 Å². The summed E-state index contributed by atoms with van der Waals surface area (Å²) in [6.07, 6.45) is 6.62. The summed E-state index contributed by atoms with van der Waals surface area (Å²) in [6, 6.07) is 9.06. The van der Waals surface area contributed by atoms with Crippen molar-refractivity contribution in [3.8, 4) is 16.9 Å². The molecule has 1 aromatic carbocycles. The van der Waals surface area contributed by atoms with E-state index in [1.165, 1.54) is 0 Å². The summed E-state index contributed by atoms with van der Waals surface area (Å²) >= 11 is 0. The molecule has 3 heterocycles. The highest BCUT2D eigenvalue weighted by atomic mass is 16.1. The van der Waals surface area contributed by atoms with Crippen molar-refractivity contribution in [2.24, 2.45) is 0 Å². The lowest BCUT2D eigenvalue weighted by molar-refractivity contribution is 0.0939. The molecule has 1 N–H and O–H groups in total. The molecule has 0 saturated carbocycles. The maximum Gasteiger partial charge on any atom is 0.251 e. The molecule has 30 heavy (non-hydrogen) atoms. The van der Waals surface area contributed by atoms with E-state index in [1.54, 1.807) is 48.5 Å². The van der Waals surface area contributed by atoms with Crippen LogP contribution in [0.1, 0.15) is 40.4 Å². The number of rotatable bonds is 5. The van der Waals surface area contributed by atoms with Gasteiger partial charge in [0.2, 0.25) is 0 Å². The van der Waals surface area contributed by atoms with Gasteiger partial charge < -0.3 is 5.32 Å². The predicted octanol–water partition coefficient (Wildman–Crippen LogP) is 2.62. The SMILES string of the molecule is Cc1ccc(-c2cc(C(=O)N[C@@H](C)c3cnccn3)cc(-n3nnnc3C)c2)nc1. The summed E-state index contributed by atoms with van der Waals surface area (Å²) in [5.74, 6) is 0.373. The lowest BCUT2D eigenvalue weighted by Gasteiger charge is -2.15. The van der Waals surface area contributed by atoms with Crippen molar-refractivity contribution in [2.45, 2.75) is 26.8 Å². The van der Waals surface area contributed by atoms with Gasteiger partial charge in [-0.05, 0) is 61.0 Å². The summed E-state index contributed by atoms with van der Waals surface area (Å²) in [5.41, 5.74) is 4.43. The van der Waals surface area contributed by atoms with Crippen molar-refractivity contribution in [2.75, 3.05) is 0 Å². The Bertz CT molecular complexity index is 1170. The largest absolute Gasteiger partial charge is 0.344 e. The molecule has 1 atom stereocenters. The minimum atomic E-state index is -0.300. The average Bonchev–Trinajstić information content (AvgIpc) is 3.20. The van der Waals surface area contributed by atoms with Crippen LogP contribution in [0.25, 0.3) is 16.9 Å². The Morgan fingerprint density at radius 2 is 1.93 bits per heavy atom. The van der Waals surface area contributed by atoms with Crippen molar-refractivity contribution >= 4 is 5.91 Å². The predicted molar refractivity (Wildman–Crippen MR) is 110 cm³/mol. The maximum atomic E-state index is 13.0. The number of amides is 1. The van der Waals surface area contributed by atoms with Crippen molar-refractivity contribution in [1.82, 2.24) is 40.5 Å². The Morgan fingerprint density at radius 3 is 2.60 bits per heavy atom. The van der Waals surface area contributed by atoms with Crippen LogP contribution in [0.4, 0.5) is 0 Å². The third-order valence-corrected chi connectivity index (χ3v) is 4.63. The lowest BCUT2D eigenvalue weighted by Crippen LogP contribution is -2.27. The molecular weight excluding hydrogens is 380 g/mol. The van der Waals surface area contributed by atoms with Gasteiger partial charge in [-0.25, -0.2) is 0 Å². The zero-order chi connectivity index (χ0) is 21.1. The zero-order valence-electron chi connectivity index (χ0n) is 16.8. The van der Waals surface area contributed by atoms with Crippen LogP contribution >= 0.6 is 0 Å². The number of hydrogen-bond acceptors (Lipinski definition) is 7. The first-order valence-corrected chi connectivity index (χ1v) is 9.41. The number of nitrogens with zero attached hydrogens (tertiary/aromatic N) is 7. The molecule has 0 spiro atoms. The Kier molecular flexibility index (Phi) is 5.25. The molecule has 0 aliphatic rings. The van der Waals surface area contributed by atoms with Gasteiger partial charge in [-0.3, -0.25) is 19.7 Å². The molecule has 4 rings (SSSR count). The van der Waals surface area contributed by atoms with Gasteiger partial charge in [-0.15, -0.1) is 5.10 Å². The van der Waals surface area contributed by atoms with Gasteiger partial charge in [0, 0.05) is 29.7 Å². The number of hydrogen-bond donors (Lipinski definition) is 1. The van der Waals surface area contributed by atoms with Gasteiger partial charge in [-0.1, -0.05) is 6.07 Å². The van der Waals surface area contributed by atoms with Crippen molar-refractivity contribution in [1.29, 1.82) is 0 Å². The first-order chi connectivity index (χ1) is 14.5. The number of carbonyl (C=O) groups is 1. The molecule has 9 heteroatoms. The Morgan fingerprint density at radius 1 is 1.07 bits per heavy atom. The molecule has 0 aliphatic heterocycles. The number of nitrogens with one attached hydrogen (secondary N) is 1. The van der Waals surface area contributed by atoms with E-state index >= 15 is 0 Å². The van der Waals surface area contributed by atoms with E-state index in [0.717, 1.165) is 16.8 Å². The number of aryl methyl sites for hydroxylation is 2. The molecule has 9 nitrogen and oxygen atoms in total. The first-order valence-electron chi connectivity index (χ1n) is 9.41. The Hall–Kier alpha value is -4.01. The molecule has 4 aromatic rings. The fraction of sp³-hybridized carbons (Fsp3) is 0.190. The third kappa shape index (κ3) is 4.04. The Balaban J connectivity index is 1.73. The number of benzene rings is 1. The van der Waals surface area contributed by atoms with Crippen LogP contribution in [0.15, 0.2) is 55.1 Å². The van der Waals surface area contributed by atoms with Gasteiger partial charge in [0.05, 0.1) is 29.3 Å².